The number of hydrogen-bond acceptors (Lipinski definition) is 3. The van der Waals surface area contributed by atoms with Crippen LogP contribution in [0.25, 0.3) is 0 Å². The molecule has 1 fully saturated rings. The van der Waals surface area contributed by atoms with E-state index in [1.807, 2.05) is 24.3 Å². The number of carbonyl (C=O) groups is 2. The van der Waals surface area contributed by atoms with E-state index in [0.29, 0.717) is 11.8 Å². The third kappa shape index (κ3) is 5.28. The molecule has 2 amide bonds. The molecule has 3 rings (SSSR count). The number of nitrogens with zero attached hydrogens (tertiary/aromatic N) is 1. The predicted octanol–water partition coefficient (Wildman–Crippen LogP) is 3.71. The van der Waals surface area contributed by atoms with E-state index >= 15 is 0 Å². The van der Waals surface area contributed by atoms with Gasteiger partial charge in [0, 0.05) is 48.6 Å². The van der Waals surface area contributed by atoms with Crippen LogP contribution in [-0.4, -0.2) is 30.9 Å². The minimum absolute atomic E-state index is 0.0392. The molecule has 2 aromatic carbocycles. The summed E-state index contributed by atoms with van der Waals surface area (Å²) in [5.41, 5.74) is 1.65. The molecule has 5 nitrogen and oxygen atoms in total. The van der Waals surface area contributed by atoms with Crippen molar-refractivity contribution in [3.63, 3.8) is 0 Å². The summed E-state index contributed by atoms with van der Waals surface area (Å²) in [5.74, 6) is -2.53. The van der Waals surface area contributed by atoms with E-state index in [2.05, 4.69) is 15.5 Å². The fourth-order valence-electron chi connectivity index (χ4n) is 3.29. The molecule has 1 heterocycles. The van der Waals surface area contributed by atoms with Crippen LogP contribution in [0.4, 0.5) is 20.2 Å². The Labute approximate surface area is 162 Å². The molecule has 1 aliphatic rings. The normalized spacial score (nSPS) is 14.6. The van der Waals surface area contributed by atoms with Gasteiger partial charge in [0.05, 0.1) is 0 Å². The summed E-state index contributed by atoms with van der Waals surface area (Å²) in [6.45, 7) is 3.69. The number of rotatable bonds is 6. The van der Waals surface area contributed by atoms with Crippen LogP contribution in [0.2, 0.25) is 0 Å². The van der Waals surface area contributed by atoms with Crippen LogP contribution in [0.3, 0.4) is 0 Å². The van der Waals surface area contributed by atoms with E-state index in [4.69, 9.17) is 0 Å². The second-order valence-electron chi connectivity index (χ2n) is 7.03. The van der Waals surface area contributed by atoms with Crippen molar-refractivity contribution in [3.8, 4) is 0 Å². The molecule has 0 spiro atoms. The number of carbonyl (C=O) groups excluding carboxylic acids is 2. The zero-order chi connectivity index (χ0) is 20.1. The molecule has 1 unspecified atom stereocenters. The van der Waals surface area contributed by atoms with Crippen molar-refractivity contribution in [1.29, 1.82) is 0 Å². The van der Waals surface area contributed by atoms with Gasteiger partial charge in [0.2, 0.25) is 5.91 Å². The lowest BCUT2D eigenvalue weighted by atomic mass is 10.1. The average Bonchev–Trinajstić information content (AvgIpc) is 3.15. The standard InChI is InChI=1S/C21H23F2N3O2/c1-14(24-21(28)15-10-16(22)12-17(23)11-15)9-20(27)25-18-5-4-6-19(13-18)26-7-2-3-8-26/h4-6,10-14H,2-3,7-9H2,1H3,(H,24,28)(H,25,27). The van der Waals surface area contributed by atoms with Gasteiger partial charge in [0.1, 0.15) is 11.6 Å². The second-order valence-corrected chi connectivity index (χ2v) is 7.03. The fraction of sp³-hybridized carbons (Fsp3) is 0.333. The highest BCUT2D eigenvalue weighted by Crippen LogP contribution is 2.23. The molecule has 0 aromatic heterocycles. The van der Waals surface area contributed by atoms with Gasteiger partial charge in [-0.2, -0.15) is 0 Å². The van der Waals surface area contributed by atoms with Gasteiger partial charge in [0.25, 0.3) is 5.91 Å². The SMILES string of the molecule is CC(CC(=O)Nc1cccc(N2CCCC2)c1)NC(=O)c1cc(F)cc(F)c1. The Balaban J connectivity index is 1.54. The summed E-state index contributed by atoms with van der Waals surface area (Å²) in [6.07, 6.45) is 2.38. The number of anilines is 2. The van der Waals surface area contributed by atoms with Gasteiger partial charge >= 0.3 is 0 Å². The van der Waals surface area contributed by atoms with Crippen molar-refractivity contribution in [2.24, 2.45) is 0 Å². The minimum Gasteiger partial charge on any atom is -0.371 e. The largest absolute Gasteiger partial charge is 0.371 e. The van der Waals surface area contributed by atoms with Gasteiger partial charge in [-0.3, -0.25) is 9.59 Å². The highest BCUT2D eigenvalue weighted by molar-refractivity contribution is 5.95. The number of amides is 2. The van der Waals surface area contributed by atoms with Gasteiger partial charge in [-0.05, 0) is 50.1 Å². The summed E-state index contributed by atoms with van der Waals surface area (Å²) >= 11 is 0. The Morgan fingerprint density at radius 3 is 2.43 bits per heavy atom. The quantitative estimate of drug-likeness (QED) is 0.794. The monoisotopic (exact) mass is 387 g/mol. The van der Waals surface area contributed by atoms with E-state index in [0.717, 1.165) is 30.9 Å². The first-order chi connectivity index (χ1) is 13.4. The van der Waals surface area contributed by atoms with E-state index in [1.165, 1.54) is 12.8 Å². The molecule has 1 atom stereocenters. The highest BCUT2D eigenvalue weighted by Gasteiger charge is 2.16. The van der Waals surface area contributed by atoms with Crippen LogP contribution in [0.5, 0.6) is 0 Å². The van der Waals surface area contributed by atoms with Crippen LogP contribution >= 0.6 is 0 Å². The van der Waals surface area contributed by atoms with Crippen LogP contribution in [-0.2, 0) is 4.79 Å². The van der Waals surface area contributed by atoms with Crippen molar-refractivity contribution >= 4 is 23.2 Å². The maximum Gasteiger partial charge on any atom is 0.251 e. The predicted molar refractivity (Wildman–Crippen MR) is 104 cm³/mol. The first-order valence-corrected chi connectivity index (χ1v) is 9.32. The van der Waals surface area contributed by atoms with Crippen molar-refractivity contribution in [2.45, 2.75) is 32.2 Å². The minimum atomic E-state index is -0.826. The maximum atomic E-state index is 13.2. The van der Waals surface area contributed by atoms with Crippen LogP contribution in [0, 0.1) is 11.6 Å². The van der Waals surface area contributed by atoms with E-state index in [1.54, 1.807) is 6.92 Å². The lowest BCUT2D eigenvalue weighted by Gasteiger charge is -2.19. The van der Waals surface area contributed by atoms with Crippen LogP contribution in [0.1, 0.15) is 36.5 Å². The molecule has 1 aliphatic heterocycles. The van der Waals surface area contributed by atoms with Gasteiger partial charge in [-0.15, -0.1) is 0 Å². The van der Waals surface area contributed by atoms with Crippen molar-refractivity contribution in [1.82, 2.24) is 5.32 Å². The summed E-state index contributed by atoms with van der Waals surface area (Å²) in [7, 11) is 0. The zero-order valence-corrected chi connectivity index (χ0v) is 15.7. The molecular weight excluding hydrogens is 364 g/mol. The van der Waals surface area contributed by atoms with Crippen molar-refractivity contribution in [3.05, 3.63) is 59.7 Å². The summed E-state index contributed by atoms with van der Waals surface area (Å²) in [4.78, 5) is 26.7. The fourth-order valence-corrected chi connectivity index (χ4v) is 3.29. The molecule has 28 heavy (non-hydrogen) atoms. The zero-order valence-electron chi connectivity index (χ0n) is 15.7. The molecular formula is C21H23F2N3O2. The Hall–Kier alpha value is -2.96. The van der Waals surface area contributed by atoms with E-state index < -0.39 is 23.6 Å². The number of hydrogen-bond donors (Lipinski definition) is 2. The highest BCUT2D eigenvalue weighted by atomic mass is 19.1. The lowest BCUT2D eigenvalue weighted by molar-refractivity contribution is -0.116. The third-order valence-corrected chi connectivity index (χ3v) is 4.59. The summed E-state index contributed by atoms with van der Waals surface area (Å²) < 4.78 is 26.5. The van der Waals surface area contributed by atoms with Crippen LogP contribution < -0.4 is 15.5 Å². The molecule has 0 saturated carbocycles. The molecule has 148 valence electrons. The van der Waals surface area contributed by atoms with Gasteiger partial charge in [0.15, 0.2) is 0 Å². The summed E-state index contributed by atoms with van der Waals surface area (Å²) in [5, 5.41) is 5.41. The first kappa shape index (κ1) is 19.8. The summed E-state index contributed by atoms with van der Waals surface area (Å²) in [6, 6.07) is 9.77. The molecule has 7 heteroatoms. The Morgan fingerprint density at radius 1 is 1.07 bits per heavy atom. The molecule has 1 saturated heterocycles. The van der Waals surface area contributed by atoms with Crippen molar-refractivity contribution < 1.29 is 18.4 Å². The molecule has 0 radical (unpaired) electrons. The van der Waals surface area contributed by atoms with Gasteiger partial charge in [-0.25, -0.2) is 8.78 Å². The topological polar surface area (TPSA) is 61.4 Å². The maximum absolute atomic E-state index is 13.2. The number of benzene rings is 2. The first-order valence-electron chi connectivity index (χ1n) is 9.32. The Bertz CT molecular complexity index is 846. The van der Waals surface area contributed by atoms with Crippen molar-refractivity contribution in [2.75, 3.05) is 23.3 Å². The smallest absolute Gasteiger partial charge is 0.251 e. The van der Waals surface area contributed by atoms with Gasteiger partial charge < -0.3 is 15.5 Å². The lowest BCUT2D eigenvalue weighted by Crippen LogP contribution is -2.35. The average molecular weight is 387 g/mol. The second kappa shape index (κ2) is 8.82. The molecule has 2 N–H and O–H groups in total. The Morgan fingerprint density at radius 2 is 1.75 bits per heavy atom. The van der Waals surface area contributed by atoms with Gasteiger partial charge in [-0.1, -0.05) is 6.07 Å². The Kier molecular flexibility index (Phi) is 6.23. The van der Waals surface area contributed by atoms with E-state index in [-0.39, 0.29) is 17.9 Å². The molecule has 0 aliphatic carbocycles. The van der Waals surface area contributed by atoms with E-state index in [9.17, 15) is 18.4 Å². The number of nitrogens with one attached hydrogen (secondary N) is 2. The molecule has 2 aromatic rings. The number of halogens is 2. The molecule has 0 bridgehead atoms. The van der Waals surface area contributed by atoms with Crippen LogP contribution in [0.15, 0.2) is 42.5 Å². The third-order valence-electron chi connectivity index (χ3n) is 4.59.